The van der Waals surface area contributed by atoms with Gasteiger partial charge >= 0.3 is 0 Å². The van der Waals surface area contributed by atoms with E-state index in [1.165, 1.54) is 30.6 Å². The fraction of sp³-hybridized carbons (Fsp3) is 0.857. The molecule has 2 fully saturated rings. The number of likely N-dealkylation sites (tertiary alicyclic amines) is 1. The van der Waals surface area contributed by atoms with Gasteiger partial charge in [-0.25, -0.2) is 0 Å². The van der Waals surface area contributed by atoms with Gasteiger partial charge in [-0.15, -0.1) is 0 Å². The van der Waals surface area contributed by atoms with Gasteiger partial charge in [0.15, 0.2) is 0 Å². The maximum absolute atomic E-state index is 12.1. The minimum atomic E-state index is -0.288. The summed E-state index contributed by atoms with van der Waals surface area (Å²) in [6, 6.07) is -0.288. The van der Waals surface area contributed by atoms with Crippen LogP contribution in [-0.4, -0.2) is 46.8 Å². The van der Waals surface area contributed by atoms with Crippen molar-refractivity contribution in [1.29, 1.82) is 0 Å². The van der Waals surface area contributed by atoms with Gasteiger partial charge < -0.3 is 5.32 Å². The van der Waals surface area contributed by atoms with E-state index in [4.69, 9.17) is 0 Å². The summed E-state index contributed by atoms with van der Waals surface area (Å²) >= 11 is 1.90. The summed E-state index contributed by atoms with van der Waals surface area (Å²) in [7, 11) is 0. The zero-order valence-electron chi connectivity index (χ0n) is 11.9. The van der Waals surface area contributed by atoms with E-state index in [9.17, 15) is 9.59 Å². The van der Waals surface area contributed by atoms with E-state index < -0.39 is 0 Å². The smallest absolute Gasteiger partial charge is 0.246 e. The number of nitrogens with zero attached hydrogens (tertiary/aromatic N) is 1. The topological polar surface area (TPSA) is 49.4 Å². The van der Waals surface area contributed by atoms with Crippen LogP contribution in [0.2, 0.25) is 0 Å². The summed E-state index contributed by atoms with van der Waals surface area (Å²) in [6.07, 6.45) is 8.31. The highest BCUT2D eigenvalue weighted by atomic mass is 32.2. The molecule has 1 saturated heterocycles. The molecule has 1 heterocycles. The number of hydrogen-bond donors (Lipinski definition) is 1. The van der Waals surface area contributed by atoms with Crippen molar-refractivity contribution in [1.82, 2.24) is 10.2 Å². The fourth-order valence-electron chi connectivity index (χ4n) is 3.08. The van der Waals surface area contributed by atoms with Crippen LogP contribution in [0.5, 0.6) is 0 Å². The van der Waals surface area contributed by atoms with Crippen molar-refractivity contribution < 1.29 is 9.59 Å². The van der Waals surface area contributed by atoms with Crippen LogP contribution in [0.25, 0.3) is 0 Å². The Hall–Kier alpha value is -0.550. The molecular weight excluding hydrogens is 260 g/mol. The van der Waals surface area contributed by atoms with Crippen LogP contribution in [0.3, 0.4) is 0 Å². The Kier molecular flexibility index (Phi) is 4.90. The van der Waals surface area contributed by atoms with E-state index in [1.807, 2.05) is 18.7 Å². The second-order valence-electron chi connectivity index (χ2n) is 5.62. The first-order valence-corrected chi connectivity index (χ1v) is 8.47. The number of thioether (sulfide) groups is 1. The molecule has 2 rings (SSSR count). The summed E-state index contributed by atoms with van der Waals surface area (Å²) in [4.78, 5) is 25.3. The molecule has 0 bridgehead atoms. The lowest BCUT2D eigenvalue weighted by Gasteiger charge is -2.28. The number of carbonyl (C=O) groups excluding carboxylic acids is 2. The van der Waals surface area contributed by atoms with Crippen molar-refractivity contribution in [2.24, 2.45) is 0 Å². The molecule has 1 aliphatic carbocycles. The largest absolute Gasteiger partial charge is 0.304 e. The zero-order valence-corrected chi connectivity index (χ0v) is 12.7. The first-order chi connectivity index (χ1) is 9.12. The lowest BCUT2D eigenvalue weighted by molar-refractivity contribution is -0.138. The molecular formula is C14H24N2O2S. The van der Waals surface area contributed by atoms with Gasteiger partial charge in [0.2, 0.25) is 11.8 Å². The molecule has 1 N–H and O–H groups in total. The lowest BCUT2D eigenvalue weighted by atomic mass is 10.1. The van der Waals surface area contributed by atoms with Crippen molar-refractivity contribution in [3.05, 3.63) is 0 Å². The number of carbonyl (C=O) groups is 2. The minimum Gasteiger partial charge on any atom is -0.304 e. The number of rotatable bonds is 6. The summed E-state index contributed by atoms with van der Waals surface area (Å²) < 4.78 is 0.279. The van der Waals surface area contributed by atoms with Gasteiger partial charge in [-0.3, -0.25) is 14.5 Å². The molecule has 1 saturated carbocycles. The molecule has 0 radical (unpaired) electrons. The van der Waals surface area contributed by atoms with Crippen molar-refractivity contribution >= 4 is 23.6 Å². The van der Waals surface area contributed by atoms with Crippen LogP contribution in [0.1, 0.15) is 45.4 Å². The second-order valence-corrected chi connectivity index (χ2v) is 6.89. The van der Waals surface area contributed by atoms with Gasteiger partial charge in [-0.1, -0.05) is 19.8 Å². The molecule has 5 heteroatoms. The van der Waals surface area contributed by atoms with Crippen molar-refractivity contribution in [3.8, 4) is 0 Å². The van der Waals surface area contributed by atoms with E-state index in [-0.39, 0.29) is 22.6 Å². The van der Waals surface area contributed by atoms with Crippen LogP contribution >= 0.6 is 11.8 Å². The predicted octanol–water partition coefficient (Wildman–Crippen LogP) is 1.79. The molecule has 4 nitrogen and oxygen atoms in total. The number of nitrogens with one attached hydrogen (secondary N) is 1. The summed E-state index contributed by atoms with van der Waals surface area (Å²) in [5, 5.41) is 3.35. The zero-order chi connectivity index (χ0) is 13.9. The summed E-state index contributed by atoms with van der Waals surface area (Å²) in [5.41, 5.74) is 0. The predicted molar refractivity (Wildman–Crippen MR) is 78.1 cm³/mol. The summed E-state index contributed by atoms with van der Waals surface area (Å²) in [5.74, 6) is -0.0462. The van der Waals surface area contributed by atoms with Gasteiger partial charge in [0.25, 0.3) is 0 Å². The standard InChI is InChI=1S/C14H24N2O2S/c1-3-8-16-12(17)9-11(13(16)18)15-10-14(19-2)6-4-5-7-14/h11,15H,3-10H2,1-2H3. The molecule has 19 heavy (non-hydrogen) atoms. The second kappa shape index (κ2) is 6.27. The highest BCUT2D eigenvalue weighted by Crippen LogP contribution is 2.39. The van der Waals surface area contributed by atoms with E-state index in [0.29, 0.717) is 13.0 Å². The highest BCUT2D eigenvalue weighted by Gasteiger charge is 2.40. The van der Waals surface area contributed by atoms with Gasteiger partial charge in [0, 0.05) is 17.8 Å². The summed E-state index contributed by atoms with van der Waals surface area (Å²) in [6.45, 7) is 3.39. The molecule has 0 spiro atoms. The van der Waals surface area contributed by atoms with Crippen molar-refractivity contribution in [2.45, 2.75) is 56.2 Å². The van der Waals surface area contributed by atoms with E-state index >= 15 is 0 Å². The van der Waals surface area contributed by atoms with Crippen LogP contribution in [0, 0.1) is 0 Å². The van der Waals surface area contributed by atoms with Crippen molar-refractivity contribution in [3.63, 3.8) is 0 Å². The Morgan fingerprint density at radius 2 is 2.05 bits per heavy atom. The monoisotopic (exact) mass is 284 g/mol. The van der Waals surface area contributed by atoms with Gasteiger partial charge in [0.05, 0.1) is 12.5 Å². The first-order valence-electron chi connectivity index (χ1n) is 7.24. The van der Waals surface area contributed by atoms with Crippen LogP contribution in [-0.2, 0) is 9.59 Å². The Morgan fingerprint density at radius 1 is 1.37 bits per heavy atom. The number of imide groups is 1. The molecule has 0 aromatic rings. The molecule has 1 unspecified atom stereocenters. The molecule has 0 aromatic heterocycles. The van der Waals surface area contributed by atoms with Gasteiger partial charge in [0.1, 0.15) is 0 Å². The Bertz CT molecular complexity index is 353. The van der Waals surface area contributed by atoms with Crippen LogP contribution in [0.15, 0.2) is 0 Å². The average Bonchev–Trinajstić information content (AvgIpc) is 2.98. The van der Waals surface area contributed by atoms with E-state index in [0.717, 1.165) is 13.0 Å². The normalized spacial score (nSPS) is 26.4. The van der Waals surface area contributed by atoms with Crippen LogP contribution in [0.4, 0.5) is 0 Å². The van der Waals surface area contributed by atoms with Crippen LogP contribution < -0.4 is 5.32 Å². The Morgan fingerprint density at radius 3 is 2.63 bits per heavy atom. The maximum Gasteiger partial charge on any atom is 0.246 e. The van der Waals surface area contributed by atoms with E-state index in [2.05, 4.69) is 11.6 Å². The van der Waals surface area contributed by atoms with Gasteiger partial charge in [-0.2, -0.15) is 11.8 Å². The highest BCUT2D eigenvalue weighted by molar-refractivity contribution is 8.00. The minimum absolute atomic E-state index is 0.0195. The number of hydrogen-bond acceptors (Lipinski definition) is 4. The molecule has 2 aliphatic rings. The first kappa shape index (κ1) is 14.9. The third kappa shape index (κ3) is 3.14. The molecule has 2 amide bonds. The average molecular weight is 284 g/mol. The Balaban J connectivity index is 1.90. The third-order valence-electron chi connectivity index (χ3n) is 4.31. The Labute approximate surface area is 119 Å². The van der Waals surface area contributed by atoms with Gasteiger partial charge in [-0.05, 0) is 25.5 Å². The maximum atomic E-state index is 12.1. The fourth-order valence-corrected chi connectivity index (χ4v) is 4.01. The number of amides is 2. The quantitative estimate of drug-likeness (QED) is 0.756. The third-order valence-corrected chi connectivity index (χ3v) is 5.73. The molecule has 108 valence electrons. The van der Waals surface area contributed by atoms with E-state index in [1.54, 1.807) is 0 Å². The lowest BCUT2D eigenvalue weighted by Crippen LogP contribution is -2.44. The molecule has 1 atom stereocenters. The SMILES string of the molecule is CCCN1C(=O)CC(NCC2(SC)CCCC2)C1=O. The van der Waals surface area contributed by atoms with Crippen molar-refractivity contribution in [2.75, 3.05) is 19.3 Å². The molecule has 1 aliphatic heterocycles. The molecule has 0 aromatic carbocycles.